The van der Waals surface area contributed by atoms with Gasteiger partial charge in [0.05, 0.1) is 0 Å². The van der Waals surface area contributed by atoms with E-state index in [1.165, 1.54) is 12.2 Å². The lowest BCUT2D eigenvalue weighted by atomic mass is 10.2. The van der Waals surface area contributed by atoms with Gasteiger partial charge in [0.25, 0.3) is 0 Å². The van der Waals surface area contributed by atoms with E-state index in [2.05, 4.69) is 21.9 Å². The molecule has 1 aliphatic rings. The number of anilines is 2. The predicted molar refractivity (Wildman–Crippen MR) is 86.0 cm³/mol. The van der Waals surface area contributed by atoms with Gasteiger partial charge in [-0.25, -0.2) is 9.97 Å². The number of benzene rings is 1. The summed E-state index contributed by atoms with van der Waals surface area (Å²) in [6.07, 6.45) is 1.20. The zero-order valence-electron chi connectivity index (χ0n) is 11.5. The molecule has 1 saturated heterocycles. The van der Waals surface area contributed by atoms with Gasteiger partial charge in [0.15, 0.2) is 5.82 Å². The minimum atomic E-state index is 0.520. The number of aromatic nitrogens is 2. The molecule has 1 aromatic carbocycles. The first-order valence-corrected chi connectivity index (χ1v) is 7.90. The van der Waals surface area contributed by atoms with Gasteiger partial charge in [0, 0.05) is 30.5 Å². The Morgan fingerprint density at radius 3 is 2.75 bits per heavy atom. The summed E-state index contributed by atoms with van der Waals surface area (Å²) < 4.78 is 0. The largest absolute Gasteiger partial charge is 0.384 e. The minimum Gasteiger partial charge on any atom is -0.384 e. The summed E-state index contributed by atoms with van der Waals surface area (Å²) in [5.74, 6) is 4.50. The van der Waals surface area contributed by atoms with Crippen LogP contribution in [0.15, 0.2) is 36.4 Å². The fourth-order valence-corrected chi connectivity index (χ4v) is 3.63. The molecule has 5 heteroatoms. The lowest BCUT2D eigenvalue weighted by Gasteiger charge is -2.25. The Bertz CT molecular complexity index is 582. The molecule has 3 rings (SSSR count). The van der Waals surface area contributed by atoms with Crippen molar-refractivity contribution in [1.29, 1.82) is 0 Å². The van der Waals surface area contributed by atoms with E-state index < -0.39 is 0 Å². The summed E-state index contributed by atoms with van der Waals surface area (Å²) >= 11 is 1.99. The molecule has 0 radical (unpaired) electrons. The number of thioether (sulfide) groups is 1. The summed E-state index contributed by atoms with van der Waals surface area (Å²) in [5.41, 5.74) is 6.95. The molecule has 0 saturated carbocycles. The second kappa shape index (κ2) is 5.71. The number of nitrogen functional groups attached to an aromatic ring is 1. The van der Waals surface area contributed by atoms with Crippen LogP contribution in [0.3, 0.4) is 0 Å². The fraction of sp³-hybridized carbons (Fsp3) is 0.333. The maximum absolute atomic E-state index is 5.95. The van der Waals surface area contributed by atoms with Crippen molar-refractivity contribution in [3.8, 4) is 11.4 Å². The molecule has 0 aliphatic carbocycles. The van der Waals surface area contributed by atoms with Gasteiger partial charge in [-0.3, -0.25) is 0 Å². The number of rotatable bonds is 3. The second-order valence-electron chi connectivity index (χ2n) is 4.97. The van der Waals surface area contributed by atoms with Gasteiger partial charge in [-0.1, -0.05) is 30.3 Å². The number of nitrogens with zero attached hydrogens (tertiary/aromatic N) is 3. The Labute approximate surface area is 123 Å². The molecule has 0 spiro atoms. The standard InChI is InChI=1S/C15H18N4S/c1-19(12-7-8-20-10-12)14-9-13(16)17-15(18-14)11-5-3-2-4-6-11/h2-6,9,12H,7-8,10H2,1H3,(H2,16,17,18). The first-order chi connectivity index (χ1) is 9.74. The van der Waals surface area contributed by atoms with E-state index >= 15 is 0 Å². The summed E-state index contributed by atoms with van der Waals surface area (Å²) in [5, 5.41) is 0. The van der Waals surface area contributed by atoms with Crippen molar-refractivity contribution >= 4 is 23.4 Å². The van der Waals surface area contributed by atoms with E-state index in [4.69, 9.17) is 5.73 Å². The molecule has 104 valence electrons. The quantitative estimate of drug-likeness (QED) is 0.940. The highest BCUT2D eigenvalue weighted by molar-refractivity contribution is 7.99. The van der Waals surface area contributed by atoms with Crippen molar-refractivity contribution < 1.29 is 0 Å². The van der Waals surface area contributed by atoms with E-state index in [1.807, 2.05) is 48.2 Å². The Kier molecular flexibility index (Phi) is 3.78. The number of hydrogen-bond acceptors (Lipinski definition) is 5. The monoisotopic (exact) mass is 286 g/mol. The zero-order valence-corrected chi connectivity index (χ0v) is 12.3. The lowest BCUT2D eigenvalue weighted by molar-refractivity contribution is 0.691. The lowest BCUT2D eigenvalue weighted by Crippen LogP contribution is -2.32. The highest BCUT2D eigenvalue weighted by atomic mass is 32.2. The highest BCUT2D eigenvalue weighted by Gasteiger charge is 2.22. The van der Waals surface area contributed by atoms with Gasteiger partial charge in [0.1, 0.15) is 11.6 Å². The molecule has 1 atom stereocenters. The highest BCUT2D eigenvalue weighted by Crippen LogP contribution is 2.27. The Hall–Kier alpha value is -1.75. The van der Waals surface area contributed by atoms with Gasteiger partial charge in [-0.2, -0.15) is 11.8 Å². The molecule has 2 heterocycles. The maximum Gasteiger partial charge on any atom is 0.163 e. The van der Waals surface area contributed by atoms with Crippen LogP contribution in [0.2, 0.25) is 0 Å². The summed E-state index contributed by atoms with van der Waals surface area (Å²) in [7, 11) is 2.09. The third-order valence-electron chi connectivity index (χ3n) is 3.58. The molecule has 1 aromatic heterocycles. The number of hydrogen-bond donors (Lipinski definition) is 1. The van der Waals surface area contributed by atoms with Gasteiger partial charge in [0.2, 0.25) is 0 Å². The molecule has 1 unspecified atom stereocenters. The molecular formula is C15H18N4S. The fourth-order valence-electron chi connectivity index (χ4n) is 2.36. The third kappa shape index (κ3) is 2.72. The normalized spacial score (nSPS) is 18.1. The van der Waals surface area contributed by atoms with E-state index in [1.54, 1.807) is 0 Å². The Balaban J connectivity index is 1.94. The van der Waals surface area contributed by atoms with Crippen molar-refractivity contribution in [2.45, 2.75) is 12.5 Å². The molecule has 0 amide bonds. The van der Waals surface area contributed by atoms with Crippen molar-refractivity contribution in [3.05, 3.63) is 36.4 Å². The molecule has 2 aromatic rings. The van der Waals surface area contributed by atoms with Gasteiger partial charge >= 0.3 is 0 Å². The van der Waals surface area contributed by atoms with Gasteiger partial charge in [-0.15, -0.1) is 0 Å². The molecule has 2 N–H and O–H groups in total. The van der Waals surface area contributed by atoms with Crippen LogP contribution in [0, 0.1) is 0 Å². The van der Waals surface area contributed by atoms with E-state index in [9.17, 15) is 0 Å². The summed E-state index contributed by atoms with van der Waals surface area (Å²) in [4.78, 5) is 11.2. The Morgan fingerprint density at radius 2 is 2.05 bits per heavy atom. The molecule has 1 aliphatic heterocycles. The SMILES string of the molecule is CN(c1cc(N)nc(-c2ccccc2)n1)C1CCSC1. The predicted octanol–water partition coefficient (Wildman–Crippen LogP) is 2.67. The first-order valence-electron chi connectivity index (χ1n) is 6.74. The van der Waals surface area contributed by atoms with Crippen LogP contribution < -0.4 is 10.6 Å². The van der Waals surface area contributed by atoms with Crippen LogP contribution in [0.1, 0.15) is 6.42 Å². The van der Waals surface area contributed by atoms with Crippen LogP contribution in [-0.2, 0) is 0 Å². The van der Waals surface area contributed by atoms with Gasteiger partial charge in [-0.05, 0) is 12.2 Å². The van der Waals surface area contributed by atoms with Crippen LogP contribution in [0.4, 0.5) is 11.6 Å². The zero-order chi connectivity index (χ0) is 13.9. The Morgan fingerprint density at radius 1 is 1.25 bits per heavy atom. The number of nitrogens with two attached hydrogens (primary N) is 1. The van der Waals surface area contributed by atoms with Gasteiger partial charge < -0.3 is 10.6 Å². The van der Waals surface area contributed by atoms with Crippen LogP contribution in [-0.4, -0.2) is 34.6 Å². The van der Waals surface area contributed by atoms with Crippen molar-refractivity contribution in [2.75, 3.05) is 29.2 Å². The second-order valence-corrected chi connectivity index (χ2v) is 6.12. The molecule has 1 fully saturated rings. The summed E-state index contributed by atoms with van der Waals surface area (Å²) in [6, 6.07) is 12.4. The average Bonchev–Trinajstić information content (AvgIpc) is 3.01. The topological polar surface area (TPSA) is 55.0 Å². The molecule has 0 bridgehead atoms. The van der Waals surface area contributed by atoms with E-state index in [-0.39, 0.29) is 0 Å². The first kappa shape index (κ1) is 13.2. The van der Waals surface area contributed by atoms with Crippen LogP contribution in [0.5, 0.6) is 0 Å². The van der Waals surface area contributed by atoms with Crippen molar-refractivity contribution in [3.63, 3.8) is 0 Å². The molecule has 4 nitrogen and oxygen atoms in total. The minimum absolute atomic E-state index is 0.520. The van der Waals surface area contributed by atoms with Crippen molar-refractivity contribution in [2.24, 2.45) is 0 Å². The maximum atomic E-state index is 5.95. The summed E-state index contributed by atoms with van der Waals surface area (Å²) in [6.45, 7) is 0. The molecule has 20 heavy (non-hydrogen) atoms. The van der Waals surface area contributed by atoms with Crippen LogP contribution >= 0.6 is 11.8 Å². The van der Waals surface area contributed by atoms with Crippen molar-refractivity contribution in [1.82, 2.24) is 9.97 Å². The van der Waals surface area contributed by atoms with E-state index in [0.29, 0.717) is 17.7 Å². The van der Waals surface area contributed by atoms with E-state index in [0.717, 1.165) is 17.1 Å². The third-order valence-corrected chi connectivity index (χ3v) is 4.72. The smallest absolute Gasteiger partial charge is 0.163 e. The molecular weight excluding hydrogens is 268 g/mol. The average molecular weight is 286 g/mol. The van der Waals surface area contributed by atoms with Crippen LogP contribution in [0.25, 0.3) is 11.4 Å².